The molecule has 0 aromatic heterocycles. The fourth-order valence-corrected chi connectivity index (χ4v) is 0.702. The Morgan fingerprint density at radius 3 is 1.47 bits per heavy atom. The van der Waals surface area contributed by atoms with Gasteiger partial charge in [-0.2, -0.15) is 26.3 Å². The lowest BCUT2D eigenvalue weighted by atomic mass is 10.2. The summed E-state index contributed by atoms with van der Waals surface area (Å²) in [6, 6.07) is 0. The van der Waals surface area contributed by atoms with E-state index in [2.05, 4.69) is 4.74 Å². The van der Waals surface area contributed by atoms with E-state index in [1.807, 2.05) is 0 Å². The van der Waals surface area contributed by atoms with E-state index in [0.29, 0.717) is 0 Å². The Hall–Kier alpha value is -0.850. The first kappa shape index (κ1) is 18.1. The lowest BCUT2D eigenvalue weighted by molar-refractivity contribution is -0.520. The number of hydrogen-bond acceptors (Lipinski definition) is 2. The molecule has 0 aliphatic carbocycles. The molecule has 116 valence electrons. The minimum atomic E-state index is -6.89. The van der Waals surface area contributed by atoms with Crippen LogP contribution in [0.1, 0.15) is 0 Å². The van der Waals surface area contributed by atoms with Crippen molar-refractivity contribution in [2.45, 2.75) is 30.9 Å². The van der Waals surface area contributed by atoms with Crippen LogP contribution in [0.3, 0.4) is 0 Å². The molecule has 0 aromatic carbocycles. The van der Waals surface area contributed by atoms with E-state index in [1.165, 1.54) is 0 Å². The van der Waals surface area contributed by atoms with Gasteiger partial charge in [-0.1, -0.05) is 0 Å². The van der Waals surface area contributed by atoms with Gasteiger partial charge < -0.3 is 4.74 Å². The second-order valence-electron chi connectivity index (χ2n) is 2.86. The van der Waals surface area contributed by atoms with E-state index in [1.54, 1.807) is 4.74 Å². The highest BCUT2D eigenvalue weighted by Crippen LogP contribution is 2.49. The van der Waals surface area contributed by atoms with Gasteiger partial charge in [0.2, 0.25) is 0 Å². The van der Waals surface area contributed by atoms with Gasteiger partial charge in [0.05, 0.1) is 0 Å². The maximum Gasteiger partial charge on any atom is 0.525 e. The molecule has 13 heteroatoms. The highest BCUT2D eigenvalue weighted by Gasteiger charge is 2.77. The topological polar surface area (TPSA) is 18.5 Å². The van der Waals surface area contributed by atoms with Crippen molar-refractivity contribution in [1.82, 2.24) is 0 Å². The third-order valence-electron chi connectivity index (χ3n) is 1.39. The molecule has 1 atom stereocenters. The molecule has 0 N–H and O–H groups in total. The zero-order valence-electron chi connectivity index (χ0n) is 8.26. The van der Waals surface area contributed by atoms with Crippen molar-refractivity contribution in [1.29, 1.82) is 0 Å². The zero-order valence-corrected chi connectivity index (χ0v) is 8.26. The monoisotopic (exact) mass is 316 g/mol. The van der Waals surface area contributed by atoms with Crippen LogP contribution < -0.4 is 0 Å². The van der Waals surface area contributed by atoms with Crippen molar-refractivity contribution in [3.8, 4) is 0 Å². The predicted molar refractivity (Wildman–Crippen MR) is 33.9 cm³/mol. The number of hydrogen-bond donors (Lipinski definition) is 0. The molecule has 0 aliphatic heterocycles. The SMILES string of the molecule is FC(F)COC(F)(F)C(F)(OC(F)(F)F)C(F)(F)F. The average Bonchev–Trinajstić information content (AvgIpc) is 2.10. The van der Waals surface area contributed by atoms with Crippen LogP contribution >= 0.6 is 0 Å². The normalized spacial score (nSPS) is 17.7. The van der Waals surface area contributed by atoms with Crippen LogP contribution in [-0.4, -0.2) is 37.5 Å². The van der Waals surface area contributed by atoms with Crippen molar-refractivity contribution in [3.63, 3.8) is 0 Å². The molecule has 0 heterocycles. The van der Waals surface area contributed by atoms with E-state index >= 15 is 0 Å². The summed E-state index contributed by atoms with van der Waals surface area (Å²) in [6.07, 6.45) is -23.5. The first-order valence-corrected chi connectivity index (χ1v) is 3.95. The lowest BCUT2D eigenvalue weighted by Crippen LogP contribution is -2.60. The van der Waals surface area contributed by atoms with Gasteiger partial charge in [0.15, 0.2) is 0 Å². The highest BCUT2D eigenvalue weighted by molar-refractivity contribution is 4.87. The minimum Gasteiger partial charge on any atom is -0.310 e. The molecule has 0 saturated heterocycles. The molecule has 0 saturated carbocycles. The Morgan fingerprint density at radius 2 is 1.21 bits per heavy atom. The van der Waals surface area contributed by atoms with Crippen LogP contribution in [0.15, 0.2) is 0 Å². The van der Waals surface area contributed by atoms with Crippen molar-refractivity contribution in [3.05, 3.63) is 0 Å². The molecular formula is C6H3F11O2. The molecule has 2 nitrogen and oxygen atoms in total. The van der Waals surface area contributed by atoms with Gasteiger partial charge in [-0.3, -0.25) is 0 Å². The minimum absolute atomic E-state index is 1.68. The summed E-state index contributed by atoms with van der Waals surface area (Å²) in [7, 11) is 0. The fraction of sp³-hybridized carbons (Fsp3) is 1.00. The molecule has 0 amide bonds. The first-order chi connectivity index (χ1) is 8.12. The average molecular weight is 316 g/mol. The number of alkyl halides is 11. The van der Waals surface area contributed by atoms with Gasteiger partial charge in [-0.05, 0) is 0 Å². The summed E-state index contributed by atoms with van der Waals surface area (Å²) >= 11 is 0. The van der Waals surface area contributed by atoms with Crippen LogP contribution in [0.25, 0.3) is 0 Å². The van der Waals surface area contributed by atoms with Gasteiger partial charge in [0.25, 0.3) is 6.43 Å². The van der Waals surface area contributed by atoms with E-state index in [4.69, 9.17) is 0 Å². The fourth-order valence-electron chi connectivity index (χ4n) is 0.702. The third-order valence-corrected chi connectivity index (χ3v) is 1.39. The molecule has 0 fully saturated rings. The first-order valence-electron chi connectivity index (χ1n) is 3.95. The van der Waals surface area contributed by atoms with Gasteiger partial charge in [-0.15, -0.1) is 13.2 Å². The summed E-state index contributed by atoms with van der Waals surface area (Å²) in [4.78, 5) is 0. The Balaban J connectivity index is 5.35. The maximum absolute atomic E-state index is 12.8. The van der Waals surface area contributed by atoms with Crippen LogP contribution in [0.5, 0.6) is 0 Å². The molecule has 0 rings (SSSR count). The second kappa shape index (κ2) is 5.26. The summed E-state index contributed by atoms with van der Waals surface area (Å²) in [5.41, 5.74) is 0. The summed E-state index contributed by atoms with van der Waals surface area (Å²) < 4.78 is 135. The Kier molecular flexibility index (Phi) is 5.03. The Labute approximate surface area is 96.6 Å². The lowest BCUT2D eigenvalue weighted by Gasteiger charge is -2.33. The standard InChI is InChI=1S/C6H3F11O2/c7-2(8)1-18-5(13,14)3(9,4(10,11)12)19-6(15,16)17/h2H,1H2. The van der Waals surface area contributed by atoms with Gasteiger partial charge in [0.1, 0.15) is 6.61 Å². The van der Waals surface area contributed by atoms with Crippen LogP contribution in [0.2, 0.25) is 0 Å². The van der Waals surface area contributed by atoms with E-state index in [0.717, 1.165) is 0 Å². The van der Waals surface area contributed by atoms with Gasteiger partial charge >= 0.3 is 24.5 Å². The molecule has 0 aromatic rings. The highest BCUT2D eigenvalue weighted by atomic mass is 19.4. The predicted octanol–water partition coefficient (Wildman–Crippen LogP) is 3.63. The number of ether oxygens (including phenoxy) is 2. The van der Waals surface area contributed by atoms with Crippen molar-refractivity contribution >= 4 is 0 Å². The second-order valence-corrected chi connectivity index (χ2v) is 2.86. The van der Waals surface area contributed by atoms with E-state index < -0.39 is 37.5 Å². The smallest absolute Gasteiger partial charge is 0.310 e. The number of halogens is 11. The van der Waals surface area contributed by atoms with Crippen LogP contribution in [-0.2, 0) is 9.47 Å². The maximum atomic E-state index is 12.8. The van der Waals surface area contributed by atoms with Crippen molar-refractivity contribution in [2.75, 3.05) is 6.61 Å². The van der Waals surface area contributed by atoms with Gasteiger partial charge in [-0.25, -0.2) is 13.5 Å². The van der Waals surface area contributed by atoms with Crippen LogP contribution in [0, 0.1) is 0 Å². The third kappa shape index (κ3) is 4.63. The quantitative estimate of drug-likeness (QED) is 0.721. The largest absolute Gasteiger partial charge is 0.525 e. The Morgan fingerprint density at radius 1 is 0.789 bits per heavy atom. The van der Waals surface area contributed by atoms with Crippen molar-refractivity contribution < 1.29 is 57.8 Å². The number of rotatable bonds is 5. The molecule has 0 aliphatic rings. The molecule has 0 bridgehead atoms. The molecule has 1 unspecified atom stereocenters. The molecule has 19 heavy (non-hydrogen) atoms. The van der Waals surface area contributed by atoms with E-state index in [-0.39, 0.29) is 0 Å². The molecular weight excluding hydrogens is 313 g/mol. The van der Waals surface area contributed by atoms with E-state index in [9.17, 15) is 48.3 Å². The van der Waals surface area contributed by atoms with Crippen LogP contribution in [0.4, 0.5) is 48.3 Å². The Bertz CT molecular complexity index is 295. The summed E-state index contributed by atoms with van der Waals surface area (Å²) in [6.45, 7) is -2.43. The van der Waals surface area contributed by atoms with Crippen molar-refractivity contribution in [2.24, 2.45) is 0 Å². The zero-order chi connectivity index (χ0) is 15.7. The van der Waals surface area contributed by atoms with Gasteiger partial charge in [0, 0.05) is 0 Å². The summed E-state index contributed by atoms with van der Waals surface area (Å²) in [5.74, 6) is -6.66. The molecule has 0 radical (unpaired) electrons. The molecule has 0 spiro atoms. The summed E-state index contributed by atoms with van der Waals surface area (Å²) in [5, 5.41) is 0.